The highest BCUT2D eigenvalue weighted by molar-refractivity contribution is 5.79. The molecule has 20 heavy (non-hydrogen) atoms. The van der Waals surface area contributed by atoms with E-state index in [0.717, 1.165) is 37.1 Å². The molecular formula is C16H24N2O2. The van der Waals surface area contributed by atoms with E-state index in [2.05, 4.69) is 5.32 Å². The van der Waals surface area contributed by atoms with Crippen LogP contribution in [-0.4, -0.2) is 24.0 Å². The molecule has 0 aromatic heterocycles. The maximum Gasteiger partial charge on any atom is 0.133 e. The van der Waals surface area contributed by atoms with Crippen LogP contribution in [-0.2, 0) is 4.79 Å². The number of hydrogen-bond acceptors (Lipinski definition) is 4. The number of aliphatic hydroxyl groups excluding tert-OH is 1. The number of benzene rings is 1. The quantitative estimate of drug-likeness (QED) is 0.745. The molecule has 1 fully saturated rings. The summed E-state index contributed by atoms with van der Waals surface area (Å²) < 4.78 is 0. The van der Waals surface area contributed by atoms with Gasteiger partial charge < -0.3 is 16.2 Å². The lowest BCUT2D eigenvalue weighted by molar-refractivity contribution is -0.121. The minimum absolute atomic E-state index is 0.384. The molecule has 1 unspecified atom stereocenters. The van der Waals surface area contributed by atoms with Gasteiger partial charge in [0.2, 0.25) is 0 Å². The van der Waals surface area contributed by atoms with Crippen molar-refractivity contribution in [3.8, 4) is 0 Å². The lowest BCUT2D eigenvalue weighted by atomic mass is 9.88. The Kier molecular flexibility index (Phi) is 5.56. The first-order valence-corrected chi connectivity index (χ1v) is 7.42. The van der Waals surface area contributed by atoms with Crippen LogP contribution in [0, 0.1) is 5.92 Å². The number of nitrogens with two attached hydrogens (primary N) is 1. The van der Waals surface area contributed by atoms with Gasteiger partial charge in [0.1, 0.15) is 5.78 Å². The molecule has 0 spiro atoms. The van der Waals surface area contributed by atoms with Gasteiger partial charge in [-0.25, -0.2) is 0 Å². The Morgan fingerprint density at radius 1 is 1.45 bits per heavy atom. The van der Waals surface area contributed by atoms with Gasteiger partial charge in [-0.2, -0.15) is 0 Å². The maximum atomic E-state index is 11.4. The summed E-state index contributed by atoms with van der Waals surface area (Å²) >= 11 is 0. The number of anilines is 1. The van der Waals surface area contributed by atoms with Crippen LogP contribution < -0.4 is 11.1 Å². The molecule has 0 radical (unpaired) electrons. The van der Waals surface area contributed by atoms with Crippen LogP contribution in [0.4, 0.5) is 5.69 Å². The monoisotopic (exact) mass is 276 g/mol. The van der Waals surface area contributed by atoms with Crippen LogP contribution in [0.15, 0.2) is 24.3 Å². The third-order valence-corrected chi connectivity index (χ3v) is 3.89. The smallest absolute Gasteiger partial charge is 0.133 e. The van der Waals surface area contributed by atoms with Gasteiger partial charge in [-0.15, -0.1) is 0 Å². The molecule has 4 heteroatoms. The van der Waals surface area contributed by atoms with Crippen molar-refractivity contribution in [2.24, 2.45) is 11.7 Å². The van der Waals surface area contributed by atoms with Gasteiger partial charge in [-0.1, -0.05) is 12.1 Å². The molecule has 4 nitrogen and oxygen atoms in total. The lowest BCUT2D eigenvalue weighted by Crippen LogP contribution is -2.22. The minimum atomic E-state index is -0.502. The molecule has 1 aromatic carbocycles. The number of nitrogens with one attached hydrogen (secondary N) is 1. The number of aliphatic hydroxyl groups is 1. The predicted octanol–water partition coefficient (Wildman–Crippen LogP) is 2.24. The molecule has 0 bridgehead atoms. The average Bonchev–Trinajstić information content (AvgIpc) is 2.46. The molecule has 4 N–H and O–H groups in total. The Morgan fingerprint density at radius 2 is 2.30 bits per heavy atom. The Hall–Kier alpha value is -1.39. The second-order valence-corrected chi connectivity index (χ2v) is 5.60. The first-order valence-electron chi connectivity index (χ1n) is 7.42. The summed E-state index contributed by atoms with van der Waals surface area (Å²) in [6, 6.07) is 7.80. The Morgan fingerprint density at radius 3 is 3.05 bits per heavy atom. The lowest BCUT2D eigenvalue weighted by Gasteiger charge is -2.22. The highest BCUT2D eigenvalue weighted by Crippen LogP contribution is 2.23. The molecule has 1 saturated carbocycles. The largest absolute Gasteiger partial charge is 0.388 e. The van der Waals surface area contributed by atoms with Crippen molar-refractivity contribution in [3.63, 3.8) is 0 Å². The zero-order chi connectivity index (χ0) is 14.4. The van der Waals surface area contributed by atoms with E-state index in [1.54, 1.807) is 0 Å². The highest BCUT2D eigenvalue weighted by Gasteiger charge is 2.19. The minimum Gasteiger partial charge on any atom is -0.388 e. The topological polar surface area (TPSA) is 75.3 Å². The van der Waals surface area contributed by atoms with Crippen molar-refractivity contribution in [3.05, 3.63) is 29.8 Å². The van der Waals surface area contributed by atoms with Gasteiger partial charge in [0.25, 0.3) is 0 Å². The second-order valence-electron chi connectivity index (χ2n) is 5.60. The first-order chi connectivity index (χ1) is 9.69. The average molecular weight is 276 g/mol. The van der Waals surface area contributed by atoms with Crippen LogP contribution in [0.1, 0.15) is 43.8 Å². The molecule has 1 aliphatic carbocycles. The molecular weight excluding hydrogens is 252 g/mol. The van der Waals surface area contributed by atoms with E-state index in [9.17, 15) is 9.90 Å². The van der Waals surface area contributed by atoms with E-state index < -0.39 is 6.10 Å². The number of carbonyl (C=O) groups is 1. The summed E-state index contributed by atoms with van der Waals surface area (Å²) in [5.41, 5.74) is 7.35. The fourth-order valence-electron chi connectivity index (χ4n) is 2.73. The molecule has 1 aliphatic rings. The Labute approximate surface area is 120 Å². The van der Waals surface area contributed by atoms with E-state index >= 15 is 0 Å². The van der Waals surface area contributed by atoms with Crippen molar-refractivity contribution in [2.45, 2.75) is 38.2 Å². The van der Waals surface area contributed by atoms with E-state index in [4.69, 9.17) is 5.73 Å². The van der Waals surface area contributed by atoms with Gasteiger partial charge in [0.15, 0.2) is 0 Å². The van der Waals surface area contributed by atoms with Crippen LogP contribution in [0.3, 0.4) is 0 Å². The summed E-state index contributed by atoms with van der Waals surface area (Å²) in [4.78, 5) is 11.4. The molecule has 110 valence electrons. The number of carbonyl (C=O) groups excluding carboxylic acids is 1. The molecule has 0 aliphatic heterocycles. The highest BCUT2D eigenvalue weighted by atomic mass is 16.3. The predicted molar refractivity (Wildman–Crippen MR) is 80.5 cm³/mol. The molecule has 1 aromatic rings. The van der Waals surface area contributed by atoms with Crippen LogP contribution in [0.5, 0.6) is 0 Å². The number of hydrogen-bond donors (Lipinski definition) is 3. The summed E-state index contributed by atoms with van der Waals surface area (Å²) in [5.74, 6) is 0.823. The van der Waals surface area contributed by atoms with E-state index in [-0.39, 0.29) is 0 Å². The van der Waals surface area contributed by atoms with E-state index in [1.165, 1.54) is 0 Å². The molecule has 2 atom stereocenters. The van der Waals surface area contributed by atoms with Gasteiger partial charge in [-0.3, -0.25) is 4.79 Å². The van der Waals surface area contributed by atoms with Crippen LogP contribution in [0.2, 0.25) is 0 Å². The molecule has 0 heterocycles. The van der Waals surface area contributed by atoms with Crippen LogP contribution in [0.25, 0.3) is 0 Å². The third-order valence-electron chi connectivity index (χ3n) is 3.89. The Bertz CT molecular complexity index is 448. The Balaban J connectivity index is 1.89. The molecule has 2 rings (SSSR count). The number of ketones is 1. The normalized spacial score (nSPS) is 20.7. The van der Waals surface area contributed by atoms with Gasteiger partial charge >= 0.3 is 0 Å². The second kappa shape index (κ2) is 7.41. The van der Waals surface area contributed by atoms with Crippen molar-refractivity contribution in [1.29, 1.82) is 0 Å². The van der Waals surface area contributed by atoms with Crippen molar-refractivity contribution in [2.75, 3.05) is 18.4 Å². The molecule has 0 saturated heterocycles. The van der Waals surface area contributed by atoms with Crippen molar-refractivity contribution < 1.29 is 9.90 Å². The van der Waals surface area contributed by atoms with E-state index in [0.29, 0.717) is 31.1 Å². The summed E-state index contributed by atoms with van der Waals surface area (Å²) in [7, 11) is 0. The standard InChI is InChI=1S/C16H24N2O2/c17-8-7-16(20)13-4-2-5-14(10-13)18-11-12-3-1-6-15(19)9-12/h2,4-5,10,12,16,18,20H,1,3,6-9,11,17H2/t12?,16-/m1/s1. The summed E-state index contributed by atoms with van der Waals surface area (Å²) in [5, 5.41) is 13.3. The zero-order valence-corrected chi connectivity index (χ0v) is 11.8. The van der Waals surface area contributed by atoms with E-state index in [1.807, 2.05) is 24.3 Å². The SMILES string of the molecule is NCC[C@@H](O)c1cccc(NCC2CCCC(=O)C2)c1. The zero-order valence-electron chi connectivity index (χ0n) is 11.8. The number of rotatable bonds is 6. The fraction of sp³-hybridized carbons (Fsp3) is 0.562. The van der Waals surface area contributed by atoms with Crippen molar-refractivity contribution >= 4 is 11.5 Å². The van der Waals surface area contributed by atoms with Crippen LogP contribution >= 0.6 is 0 Å². The van der Waals surface area contributed by atoms with Gasteiger partial charge in [0.05, 0.1) is 6.10 Å². The molecule has 0 amide bonds. The summed E-state index contributed by atoms with van der Waals surface area (Å²) in [6.45, 7) is 1.30. The van der Waals surface area contributed by atoms with Gasteiger partial charge in [0, 0.05) is 25.1 Å². The number of Topliss-reactive ketones (excluding diaryl/α,β-unsaturated/α-hetero) is 1. The van der Waals surface area contributed by atoms with Crippen molar-refractivity contribution in [1.82, 2.24) is 0 Å². The fourth-order valence-corrected chi connectivity index (χ4v) is 2.73. The maximum absolute atomic E-state index is 11.4. The van der Waals surface area contributed by atoms with Gasteiger partial charge in [-0.05, 0) is 49.4 Å². The third kappa shape index (κ3) is 4.32. The summed E-state index contributed by atoms with van der Waals surface area (Å²) in [6.07, 6.45) is 3.65. The first kappa shape index (κ1) is 15.0.